The molecule has 0 bridgehead atoms. The second-order valence-corrected chi connectivity index (χ2v) is 9.07. The monoisotopic (exact) mass is 312 g/mol. The van der Waals surface area contributed by atoms with Crippen LogP contribution in [0.25, 0.3) is 0 Å². The van der Waals surface area contributed by atoms with Crippen molar-refractivity contribution in [3.63, 3.8) is 0 Å². The van der Waals surface area contributed by atoms with Crippen LogP contribution in [0.1, 0.15) is 45.0 Å². The normalized spacial score (nSPS) is 21.4. The van der Waals surface area contributed by atoms with E-state index in [0.717, 1.165) is 12.0 Å². The zero-order valence-electron chi connectivity index (χ0n) is 13.1. The number of aromatic nitrogens is 2. The standard InChI is InChI=1S/C14H24N4O2S/c1-9-11(15)17-13(14(2,3)4)18-12(9)16-8-10-6-5-7-21(10,19)20/h10H,5-8H2,1-4H3,(H3,15,16,17,18). The van der Waals surface area contributed by atoms with E-state index in [9.17, 15) is 8.42 Å². The summed E-state index contributed by atoms with van der Waals surface area (Å²) in [6.07, 6.45) is 1.45. The summed E-state index contributed by atoms with van der Waals surface area (Å²) in [7, 11) is -2.96. The highest BCUT2D eigenvalue weighted by molar-refractivity contribution is 7.92. The van der Waals surface area contributed by atoms with Gasteiger partial charge in [-0.2, -0.15) is 0 Å². The van der Waals surface area contributed by atoms with Crippen molar-refractivity contribution in [3.05, 3.63) is 11.4 Å². The van der Waals surface area contributed by atoms with Gasteiger partial charge < -0.3 is 11.1 Å². The smallest absolute Gasteiger partial charge is 0.154 e. The van der Waals surface area contributed by atoms with Crippen molar-refractivity contribution in [2.75, 3.05) is 23.3 Å². The molecule has 1 aromatic heterocycles. The maximum Gasteiger partial charge on any atom is 0.154 e. The quantitative estimate of drug-likeness (QED) is 0.880. The summed E-state index contributed by atoms with van der Waals surface area (Å²) in [6, 6.07) is 0. The predicted molar refractivity (Wildman–Crippen MR) is 85.2 cm³/mol. The molecule has 1 unspecified atom stereocenters. The van der Waals surface area contributed by atoms with Crippen LogP contribution < -0.4 is 11.1 Å². The average molecular weight is 312 g/mol. The summed E-state index contributed by atoms with van der Waals surface area (Å²) < 4.78 is 23.7. The molecule has 2 rings (SSSR count). The molecule has 1 atom stereocenters. The van der Waals surface area contributed by atoms with E-state index >= 15 is 0 Å². The van der Waals surface area contributed by atoms with Gasteiger partial charge in [-0.3, -0.25) is 0 Å². The Morgan fingerprint density at radius 3 is 2.52 bits per heavy atom. The average Bonchev–Trinajstić information content (AvgIpc) is 2.69. The minimum atomic E-state index is -2.96. The molecule has 6 nitrogen and oxygen atoms in total. The predicted octanol–water partition coefficient (Wildman–Crippen LogP) is 1.65. The summed E-state index contributed by atoms with van der Waals surface area (Å²) in [5.74, 6) is 2.01. The van der Waals surface area contributed by atoms with Gasteiger partial charge in [0.05, 0.1) is 11.0 Å². The molecule has 0 aliphatic carbocycles. The molecule has 0 spiro atoms. The molecule has 1 aromatic rings. The largest absolute Gasteiger partial charge is 0.383 e. The van der Waals surface area contributed by atoms with Crippen LogP contribution in [0.5, 0.6) is 0 Å². The molecule has 0 saturated carbocycles. The number of rotatable bonds is 3. The highest BCUT2D eigenvalue weighted by Crippen LogP contribution is 2.26. The summed E-state index contributed by atoms with van der Waals surface area (Å²) in [6.45, 7) is 8.27. The molecule has 118 valence electrons. The first kappa shape index (κ1) is 16.0. The van der Waals surface area contributed by atoms with Crippen LogP contribution in [-0.2, 0) is 15.3 Å². The van der Waals surface area contributed by atoms with Gasteiger partial charge in [0.1, 0.15) is 17.5 Å². The van der Waals surface area contributed by atoms with Gasteiger partial charge in [-0.25, -0.2) is 18.4 Å². The second kappa shape index (κ2) is 5.44. The molecular formula is C14H24N4O2S. The van der Waals surface area contributed by atoms with Gasteiger partial charge in [-0.1, -0.05) is 20.8 Å². The summed E-state index contributed by atoms with van der Waals surface area (Å²) in [4.78, 5) is 8.84. The zero-order chi connectivity index (χ0) is 15.8. The van der Waals surface area contributed by atoms with Gasteiger partial charge >= 0.3 is 0 Å². The highest BCUT2D eigenvalue weighted by Gasteiger charge is 2.31. The van der Waals surface area contributed by atoms with E-state index in [0.29, 0.717) is 30.4 Å². The molecule has 21 heavy (non-hydrogen) atoms. The van der Waals surface area contributed by atoms with E-state index in [1.807, 2.05) is 27.7 Å². The van der Waals surface area contributed by atoms with Gasteiger partial charge in [0.15, 0.2) is 9.84 Å². The number of hydrogen-bond acceptors (Lipinski definition) is 6. The maximum atomic E-state index is 11.9. The van der Waals surface area contributed by atoms with Gasteiger partial charge in [-0.15, -0.1) is 0 Å². The minimum Gasteiger partial charge on any atom is -0.383 e. The van der Waals surface area contributed by atoms with Crippen LogP contribution in [-0.4, -0.2) is 35.9 Å². The van der Waals surface area contributed by atoms with Crippen molar-refractivity contribution in [3.8, 4) is 0 Å². The van der Waals surface area contributed by atoms with E-state index in [4.69, 9.17) is 5.73 Å². The number of anilines is 2. The van der Waals surface area contributed by atoms with Crippen molar-refractivity contribution in [1.82, 2.24) is 9.97 Å². The molecule has 0 radical (unpaired) electrons. The van der Waals surface area contributed by atoms with Crippen molar-refractivity contribution in [2.45, 2.75) is 51.2 Å². The minimum absolute atomic E-state index is 0.211. The van der Waals surface area contributed by atoms with Crippen molar-refractivity contribution >= 4 is 21.5 Å². The first-order valence-electron chi connectivity index (χ1n) is 7.21. The van der Waals surface area contributed by atoms with Crippen molar-refractivity contribution in [1.29, 1.82) is 0 Å². The molecule has 0 aromatic carbocycles. The fourth-order valence-corrected chi connectivity index (χ4v) is 4.10. The van der Waals surface area contributed by atoms with Gasteiger partial charge in [0.25, 0.3) is 0 Å². The number of nitrogens with one attached hydrogen (secondary N) is 1. The molecule has 1 fully saturated rings. The fourth-order valence-electron chi connectivity index (χ4n) is 2.34. The highest BCUT2D eigenvalue weighted by atomic mass is 32.2. The Kier molecular flexibility index (Phi) is 4.15. The van der Waals surface area contributed by atoms with Crippen LogP contribution in [0.15, 0.2) is 0 Å². The Labute approximate surface area is 126 Å². The van der Waals surface area contributed by atoms with E-state index in [2.05, 4.69) is 15.3 Å². The van der Waals surface area contributed by atoms with Crippen LogP contribution in [0, 0.1) is 6.92 Å². The molecule has 1 aliphatic heterocycles. The molecule has 3 N–H and O–H groups in total. The van der Waals surface area contributed by atoms with E-state index < -0.39 is 9.84 Å². The lowest BCUT2D eigenvalue weighted by molar-refractivity contribution is 0.546. The summed E-state index contributed by atoms with van der Waals surface area (Å²) in [5, 5.41) is 2.83. The van der Waals surface area contributed by atoms with E-state index in [1.54, 1.807) is 0 Å². The maximum absolute atomic E-state index is 11.9. The van der Waals surface area contributed by atoms with Crippen molar-refractivity contribution < 1.29 is 8.42 Å². The lowest BCUT2D eigenvalue weighted by Crippen LogP contribution is -2.26. The Balaban J connectivity index is 2.22. The molecule has 0 amide bonds. The number of nitrogens with two attached hydrogens (primary N) is 1. The third-order valence-electron chi connectivity index (χ3n) is 3.81. The van der Waals surface area contributed by atoms with Crippen LogP contribution in [0.2, 0.25) is 0 Å². The third kappa shape index (κ3) is 3.45. The summed E-state index contributed by atoms with van der Waals surface area (Å²) in [5.41, 5.74) is 6.50. The SMILES string of the molecule is Cc1c(N)nc(C(C)(C)C)nc1NCC1CCCS1(=O)=O. The Morgan fingerprint density at radius 1 is 1.33 bits per heavy atom. The van der Waals surface area contributed by atoms with Gasteiger partial charge in [0, 0.05) is 17.5 Å². The second-order valence-electron chi connectivity index (χ2n) is 6.67. The molecule has 1 saturated heterocycles. The van der Waals surface area contributed by atoms with Crippen LogP contribution in [0.4, 0.5) is 11.6 Å². The van der Waals surface area contributed by atoms with Crippen molar-refractivity contribution in [2.24, 2.45) is 0 Å². The van der Waals surface area contributed by atoms with E-state index in [-0.39, 0.29) is 16.4 Å². The zero-order valence-corrected chi connectivity index (χ0v) is 13.9. The Hall–Kier alpha value is -1.37. The first-order valence-corrected chi connectivity index (χ1v) is 8.93. The topological polar surface area (TPSA) is 98.0 Å². The molecule has 2 heterocycles. The Bertz CT molecular complexity index is 635. The van der Waals surface area contributed by atoms with Gasteiger partial charge in [0.2, 0.25) is 0 Å². The molecule has 7 heteroatoms. The number of nitrogen functional groups attached to an aromatic ring is 1. The first-order chi connectivity index (χ1) is 9.61. The summed E-state index contributed by atoms with van der Waals surface area (Å²) >= 11 is 0. The van der Waals surface area contributed by atoms with Crippen LogP contribution >= 0.6 is 0 Å². The van der Waals surface area contributed by atoms with Gasteiger partial charge in [-0.05, 0) is 19.8 Å². The molecule has 1 aliphatic rings. The number of nitrogens with zero attached hydrogens (tertiary/aromatic N) is 2. The molecular weight excluding hydrogens is 288 g/mol. The third-order valence-corrected chi connectivity index (χ3v) is 6.09. The van der Waals surface area contributed by atoms with Crippen LogP contribution in [0.3, 0.4) is 0 Å². The lowest BCUT2D eigenvalue weighted by Gasteiger charge is -2.20. The Morgan fingerprint density at radius 2 is 2.00 bits per heavy atom. The number of sulfone groups is 1. The van der Waals surface area contributed by atoms with E-state index in [1.165, 1.54) is 0 Å². The lowest BCUT2D eigenvalue weighted by atomic mass is 9.95. The number of hydrogen-bond donors (Lipinski definition) is 2. The fraction of sp³-hybridized carbons (Fsp3) is 0.714.